The number of aliphatic imine (C=N–C) groups is 1. The fraction of sp³-hybridized carbons (Fsp3) is 0.500. The van der Waals surface area contributed by atoms with Gasteiger partial charge in [-0.25, -0.2) is 12.8 Å². The van der Waals surface area contributed by atoms with Crippen LogP contribution in [0.2, 0.25) is 0 Å². The van der Waals surface area contributed by atoms with Crippen molar-refractivity contribution < 1.29 is 12.8 Å². The fourth-order valence-electron chi connectivity index (χ4n) is 2.27. The second-order valence-corrected chi connectivity index (χ2v) is 7.58. The van der Waals surface area contributed by atoms with E-state index in [-0.39, 0.29) is 42.1 Å². The van der Waals surface area contributed by atoms with E-state index in [0.29, 0.717) is 19.0 Å². The number of benzene rings is 1. The van der Waals surface area contributed by atoms with Crippen LogP contribution in [0.25, 0.3) is 0 Å². The van der Waals surface area contributed by atoms with Crippen molar-refractivity contribution in [3.63, 3.8) is 0 Å². The summed E-state index contributed by atoms with van der Waals surface area (Å²) in [4.78, 5) is 8.20. The van der Waals surface area contributed by atoms with Gasteiger partial charge in [0.05, 0.1) is 12.3 Å². The zero-order chi connectivity index (χ0) is 16.2. The van der Waals surface area contributed by atoms with E-state index in [4.69, 9.17) is 5.73 Å². The predicted molar refractivity (Wildman–Crippen MR) is 102 cm³/mol. The van der Waals surface area contributed by atoms with E-state index in [2.05, 4.69) is 9.89 Å². The Kier molecular flexibility index (Phi) is 7.52. The number of rotatable bonds is 4. The number of anilines is 1. The van der Waals surface area contributed by atoms with Crippen LogP contribution in [0.5, 0.6) is 0 Å². The van der Waals surface area contributed by atoms with Gasteiger partial charge < -0.3 is 15.5 Å². The molecule has 0 saturated carbocycles. The van der Waals surface area contributed by atoms with E-state index < -0.39 is 9.84 Å². The van der Waals surface area contributed by atoms with Crippen molar-refractivity contribution in [2.45, 2.75) is 0 Å². The first-order valence-corrected chi connectivity index (χ1v) is 9.14. The third-order valence-corrected chi connectivity index (χ3v) is 4.46. The van der Waals surface area contributed by atoms with Gasteiger partial charge in [-0.3, -0.25) is 4.99 Å². The van der Waals surface area contributed by atoms with Gasteiger partial charge in [-0.15, -0.1) is 24.0 Å². The lowest BCUT2D eigenvalue weighted by Crippen LogP contribution is -2.51. The van der Waals surface area contributed by atoms with Crippen LogP contribution in [0, 0.1) is 5.82 Å². The van der Waals surface area contributed by atoms with Gasteiger partial charge in [-0.05, 0) is 24.3 Å². The lowest BCUT2D eigenvalue weighted by atomic mass is 10.2. The Bertz CT molecular complexity index is 629. The van der Waals surface area contributed by atoms with Crippen LogP contribution in [0.15, 0.2) is 29.3 Å². The normalized spacial score (nSPS) is 16.2. The lowest BCUT2D eigenvalue weighted by Gasteiger charge is -2.36. The van der Waals surface area contributed by atoms with Crippen LogP contribution in [-0.4, -0.2) is 64.0 Å². The maximum atomic E-state index is 12.9. The first-order valence-electron chi connectivity index (χ1n) is 7.08. The molecule has 1 saturated heterocycles. The quantitative estimate of drug-likeness (QED) is 0.415. The number of hydrogen-bond donors (Lipinski definition) is 1. The summed E-state index contributed by atoms with van der Waals surface area (Å²) in [5.74, 6) is 0.135. The van der Waals surface area contributed by atoms with Crippen molar-refractivity contribution in [1.82, 2.24) is 4.90 Å². The minimum absolute atomic E-state index is 0. The average molecular weight is 456 g/mol. The highest BCUT2D eigenvalue weighted by Crippen LogP contribution is 2.16. The topological polar surface area (TPSA) is 79.0 Å². The standard InChI is InChI=1S/C14H21FN4O2S.HI/c1-22(20,21)11-6-17-14(16)19-9-7-18(8-10-19)13-4-2-12(15)3-5-13;/h2-5H,6-11H2,1H3,(H2,16,17);1H. The Hall–Kier alpha value is -1.10. The van der Waals surface area contributed by atoms with Crippen LogP contribution in [0.3, 0.4) is 0 Å². The van der Waals surface area contributed by atoms with Gasteiger partial charge >= 0.3 is 0 Å². The number of piperazine rings is 1. The van der Waals surface area contributed by atoms with Crippen molar-refractivity contribution in [2.24, 2.45) is 10.7 Å². The number of sulfone groups is 1. The summed E-state index contributed by atoms with van der Waals surface area (Å²) in [5, 5.41) is 0. The van der Waals surface area contributed by atoms with Crippen molar-refractivity contribution in [2.75, 3.05) is 49.6 Å². The van der Waals surface area contributed by atoms with Gasteiger partial charge in [0.25, 0.3) is 0 Å². The second-order valence-electron chi connectivity index (χ2n) is 5.32. The average Bonchev–Trinajstić information content (AvgIpc) is 2.47. The second kappa shape index (κ2) is 8.67. The fourth-order valence-corrected chi connectivity index (χ4v) is 2.69. The van der Waals surface area contributed by atoms with Gasteiger partial charge in [0.2, 0.25) is 0 Å². The first-order chi connectivity index (χ1) is 10.3. The van der Waals surface area contributed by atoms with Crippen LogP contribution in [0.4, 0.5) is 10.1 Å². The van der Waals surface area contributed by atoms with Crippen molar-refractivity contribution in [3.05, 3.63) is 30.1 Å². The molecule has 0 amide bonds. The molecular weight excluding hydrogens is 434 g/mol. The Balaban J connectivity index is 0.00000264. The molecule has 9 heteroatoms. The molecule has 2 rings (SSSR count). The molecule has 0 radical (unpaired) electrons. The minimum atomic E-state index is -3.02. The van der Waals surface area contributed by atoms with Gasteiger partial charge in [0.15, 0.2) is 5.96 Å². The van der Waals surface area contributed by atoms with Crippen molar-refractivity contribution >= 4 is 45.5 Å². The number of guanidine groups is 1. The molecule has 0 aliphatic carbocycles. The summed E-state index contributed by atoms with van der Waals surface area (Å²) in [6, 6.07) is 6.41. The molecule has 2 N–H and O–H groups in total. The van der Waals surface area contributed by atoms with Gasteiger partial charge in [-0.2, -0.15) is 0 Å². The highest BCUT2D eigenvalue weighted by molar-refractivity contribution is 14.0. The summed E-state index contributed by atoms with van der Waals surface area (Å²) in [7, 11) is -3.02. The van der Waals surface area contributed by atoms with E-state index in [9.17, 15) is 12.8 Å². The third kappa shape index (κ3) is 6.50. The number of halogens is 2. The molecule has 0 aromatic heterocycles. The largest absolute Gasteiger partial charge is 0.370 e. The first kappa shape index (κ1) is 19.9. The molecule has 1 aromatic carbocycles. The van der Waals surface area contributed by atoms with Crippen LogP contribution >= 0.6 is 24.0 Å². The summed E-state index contributed by atoms with van der Waals surface area (Å²) in [6.07, 6.45) is 1.18. The number of hydrogen-bond acceptors (Lipinski definition) is 4. The van der Waals surface area contributed by atoms with Crippen LogP contribution in [0.1, 0.15) is 0 Å². The third-order valence-electron chi connectivity index (χ3n) is 3.53. The van der Waals surface area contributed by atoms with Gasteiger partial charge in [0.1, 0.15) is 15.7 Å². The highest BCUT2D eigenvalue weighted by Gasteiger charge is 2.18. The lowest BCUT2D eigenvalue weighted by molar-refractivity contribution is 0.381. The molecule has 0 bridgehead atoms. The monoisotopic (exact) mass is 456 g/mol. The molecule has 1 fully saturated rings. The molecule has 23 heavy (non-hydrogen) atoms. The van der Waals surface area contributed by atoms with E-state index >= 15 is 0 Å². The summed E-state index contributed by atoms with van der Waals surface area (Å²) >= 11 is 0. The molecular formula is C14H22FIN4O2S. The molecule has 0 atom stereocenters. The minimum Gasteiger partial charge on any atom is -0.370 e. The maximum Gasteiger partial charge on any atom is 0.191 e. The Morgan fingerprint density at radius 3 is 2.30 bits per heavy atom. The Morgan fingerprint density at radius 2 is 1.78 bits per heavy atom. The van der Waals surface area contributed by atoms with E-state index in [1.165, 1.54) is 18.4 Å². The zero-order valence-corrected chi connectivity index (χ0v) is 16.1. The summed E-state index contributed by atoms with van der Waals surface area (Å²) in [5.41, 5.74) is 6.87. The van der Waals surface area contributed by atoms with E-state index in [1.807, 2.05) is 4.90 Å². The maximum absolute atomic E-state index is 12.9. The molecule has 1 heterocycles. The van der Waals surface area contributed by atoms with Gasteiger partial charge in [-0.1, -0.05) is 0 Å². The van der Waals surface area contributed by atoms with Gasteiger partial charge in [0, 0.05) is 38.1 Å². The Labute approximate surface area is 153 Å². The summed E-state index contributed by atoms with van der Waals surface area (Å²) < 4.78 is 35.0. The number of nitrogens with two attached hydrogens (primary N) is 1. The van der Waals surface area contributed by atoms with E-state index in [1.54, 1.807) is 12.1 Å². The molecule has 1 aromatic rings. The van der Waals surface area contributed by atoms with Crippen molar-refractivity contribution in [3.8, 4) is 0 Å². The molecule has 130 valence electrons. The SMILES string of the molecule is CS(=O)(=O)CCN=C(N)N1CCN(c2ccc(F)cc2)CC1.I. The summed E-state index contributed by atoms with van der Waals surface area (Å²) in [6.45, 7) is 3.10. The van der Waals surface area contributed by atoms with E-state index in [0.717, 1.165) is 18.8 Å². The molecule has 1 aliphatic heterocycles. The Morgan fingerprint density at radius 1 is 1.22 bits per heavy atom. The molecule has 6 nitrogen and oxygen atoms in total. The highest BCUT2D eigenvalue weighted by atomic mass is 127. The molecule has 1 aliphatic rings. The van der Waals surface area contributed by atoms with Crippen LogP contribution in [-0.2, 0) is 9.84 Å². The molecule has 0 unspecified atom stereocenters. The number of nitrogens with zero attached hydrogens (tertiary/aromatic N) is 3. The predicted octanol–water partition coefficient (Wildman–Crippen LogP) is 0.925. The van der Waals surface area contributed by atoms with Crippen molar-refractivity contribution in [1.29, 1.82) is 0 Å². The van der Waals surface area contributed by atoms with Crippen LogP contribution < -0.4 is 10.6 Å². The smallest absolute Gasteiger partial charge is 0.191 e. The zero-order valence-electron chi connectivity index (χ0n) is 13.0. The molecule has 0 spiro atoms.